The second-order valence-corrected chi connectivity index (χ2v) is 8.24. The fourth-order valence-electron chi connectivity index (χ4n) is 1.88. The lowest BCUT2D eigenvalue weighted by molar-refractivity contribution is 0.199. The van der Waals surface area contributed by atoms with Gasteiger partial charge in [-0.25, -0.2) is 13.4 Å². The predicted molar refractivity (Wildman–Crippen MR) is 76.2 cm³/mol. The van der Waals surface area contributed by atoms with Crippen molar-refractivity contribution in [1.29, 1.82) is 0 Å². The molecule has 0 spiro atoms. The summed E-state index contributed by atoms with van der Waals surface area (Å²) in [5.74, 6) is 0.596. The summed E-state index contributed by atoms with van der Waals surface area (Å²) < 4.78 is 27.7. The number of methoxy groups -OCH3 is 1. The van der Waals surface area contributed by atoms with E-state index < -0.39 is 9.84 Å². The third-order valence-corrected chi connectivity index (χ3v) is 4.94. The first-order chi connectivity index (χ1) is 8.99. The minimum Gasteiger partial charge on any atom is -0.383 e. The van der Waals surface area contributed by atoms with E-state index in [1.165, 1.54) is 35.3 Å². The normalized spacial score (nSPS) is 15.9. The highest BCUT2D eigenvalue weighted by Gasteiger charge is 2.29. The van der Waals surface area contributed by atoms with Crippen molar-refractivity contribution in [3.05, 3.63) is 15.6 Å². The Kier molecular flexibility index (Phi) is 4.94. The Balaban J connectivity index is 2.03. The fraction of sp³-hybridized carbons (Fsp3) is 0.750. The molecule has 1 heterocycles. The first-order valence-corrected chi connectivity index (χ1v) is 9.23. The van der Waals surface area contributed by atoms with E-state index in [4.69, 9.17) is 4.74 Å². The monoisotopic (exact) mass is 304 g/mol. The standard InChI is InChI=1S/C12H20N2O3S2/c1-17-6-5-13-7-10-12(9-3-4-9)14-11(18-10)8-19(2,15)16/h9,13H,3-8H2,1-2H3. The van der Waals surface area contributed by atoms with Gasteiger partial charge in [-0.15, -0.1) is 11.3 Å². The second-order valence-electron chi connectivity index (χ2n) is 4.93. The lowest BCUT2D eigenvalue weighted by atomic mass is 10.2. The maximum absolute atomic E-state index is 11.3. The Labute approximate surface area is 118 Å². The SMILES string of the molecule is COCCNCc1sc(CS(C)(=O)=O)nc1C1CC1. The van der Waals surface area contributed by atoms with Crippen LogP contribution in [0.4, 0.5) is 0 Å². The van der Waals surface area contributed by atoms with Gasteiger partial charge in [0.25, 0.3) is 0 Å². The van der Waals surface area contributed by atoms with Crippen molar-refractivity contribution in [2.24, 2.45) is 0 Å². The van der Waals surface area contributed by atoms with Crippen LogP contribution in [0.15, 0.2) is 0 Å². The van der Waals surface area contributed by atoms with Gasteiger partial charge in [0.2, 0.25) is 0 Å². The summed E-state index contributed by atoms with van der Waals surface area (Å²) in [6, 6.07) is 0. The van der Waals surface area contributed by atoms with Crippen LogP contribution in [0.25, 0.3) is 0 Å². The number of hydrogen-bond acceptors (Lipinski definition) is 6. The highest BCUT2D eigenvalue weighted by Crippen LogP contribution is 2.42. The number of sulfone groups is 1. The average molecular weight is 304 g/mol. The molecular formula is C12H20N2O3S2. The van der Waals surface area contributed by atoms with Gasteiger partial charge < -0.3 is 10.1 Å². The van der Waals surface area contributed by atoms with Crippen LogP contribution < -0.4 is 5.32 Å². The Bertz CT molecular complexity index is 521. The summed E-state index contributed by atoms with van der Waals surface area (Å²) in [4.78, 5) is 5.70. The maximum atomic E-state index is 11.3. The van der Waals surface area contributed by atoms with Crippen LogP contribution >= 0.6 is 11.3 Å². The summed E-state index contributed by atoms with van der Waals surface area (Å²) in [5.41, 5.74) is 1.11. The van der Waals surface area contributed by atoms with Crippen LogP contribution in [0.1, 0.15) is 34.3 Å². The number of rotatable bonds is 8. The molecule has 0 atom stereocenters. The number of aromatic nitrogens is 1. The molecule has 7 heteroatoms. The van der Waals surface area contributed by atoms with Crippen molar-refractivity contribution in [3.63, 3.8) is 0 Å². The summed E-state index contributed by atoms with van der Waals surface area (Å²) in [6.45, 7) is 2.21. The quantitative estimate of drug-likeness (QED) is 0.733. The minimum absolute atomic E-state index is 0.0510. The maximum Gasteiger partial charge on any atom is 0.153 e. The van der Waals surface area contributed by atoms with Crippen molar-refractivity contribution < 1.29 is 13.2 Å². The largest absolute Gasteiger partial charge is 0.383 e. The number of nitrogens with one attached hydrogen (secondary N) is 1. The second kappa shape index (κ2) is 6.30. The first kappa shape index (κ1) is 14.9. The first-order valence-electron chi connectivity index (χ1n) is 6.35. The van der Waals surface area contributed by atoms with Crippen molar-refractivity contribution in [1.82, 2.24) is 10.3 Å². The van der Waals surface area contributed by atoms with E-state index >= 15 is 0 Å². The highest BCUT2D eigenvalue weighted by atomic mass is 32.2. The van der Waals surface area contributed by atoms with Gasteiger partial charge >= 0.3 is 0 Å². The van der Waals surface area contributed by atoms with Gasteiger partial charge in [-0.2, -0.15) is 0 Å². The molecule has 1 aliphatic carbocycles. The van der Waals surface area contributed by atoms with Crippen molar-refractivity contribution >= 4 is 21.2 Å². The molecule has 0 bridgehead atoms. The summed E-state index contributed by atoms with van der Waals surface area (Å²) in [5, 5.41) is 4.01. The molecule has 1 aliphatic rings. The Morgan fingerprint density at radius 1 is 1.47 bits per heavy atom. The van der Waals surface area contributed by atoms with Crippen LogP contribution in [0, 0.1) is 0 Å². The molecular weight excluding hydrogens is 284 g/mol. The summed E-state index contributed by atoms with van der Waals surface area (Å²) >= 11 is 1.52. The number of thiazole rings is 1. The third-order valence-electron chi connectivity index (χ3n) is 2.89. The van der Waals surface area contributed by atoms with Gasteiger partial charge in [-0.1, -0.05) is 0 Å². The van der Waals surface area contributed by atoms with Gasteiger partial charge in [0.05, 0.1) is 12.3 Å². The van der Waals surface area contributed by atoms with Crippen LogP contribution in [0.3, 0.4) is 0 Å². The zero-order chi connectivity index (χ0) is 13.9. The average Bonchev–Trinajstić information content (AvgIpc) is 3.07. The molecule has 1 aromatic rings. The van der Waals surface area contributed by atoms with E-state index in [0.29, 0.717) is 17.5 Å². The Morgan fingerprint density at radius 2 is 2.21 bits per heavy atom. The van der Waals surface area contributed by atoms with E-state index in [1.807, 2.05) is 0 Å². The number of hydrogen-bond donors (Lipinski definition) is 1. The molecule has 1 aromatic heterocycles. The van der Waals surface area contributed by atoms with Gasteiger partial charge in [-0.3, -0.25) is 0 Å². The molecule has 0 aliphatic heterocycles. The van der Waals surface area contributed by atoms with Crippen molar-refractivity contribution in [2.45, 2.75) is 31.1 Å². The predicted octanol–water partition coefficient (Wildman–Crippen LogP) is 1.30. The Morgan fingerprint density at radius 3 is 2.79 bits per heavy atom. The van der Waals surface area contributed by atoms with Crippen molar-refractivity contribution in [3.8, 4) is 0 Å². The highest BCUT2D eigenvalue weighted by molar-refractivity contribution is 7.90. The molecule has 19 heavy (non-hydrogen) atoms. The van der Waals surface area contributed by atoms with Crippen LogP contribution in [0.2, 0.25) is 0 Å². The summed E-state index contributed by atoms with van der Waals surface area (Å²) in [7, 11) is -1.33. The molecule has 2 rings (SSSR count). The minimum atomic E-state index is -3.01. The lowest BCUT2D eigenvalue weighted by Crippen LogP contribution is -2.18. The lowest BCUT2D eigenvalue weighted by Gasteiger charge is -2.03. The van der Waals surface area contributed by atoms with E-state index in [9.17, 15) is 8.42 Å². The summed E-state index contributed by atoms with van der Waals surface area (Å²) in [6.07, 6.45) is 3.60. The molecule has 0 aromatic carbocycles. The Hall–Kier alpha value is -0.500. The molecule has 0 saturated heterocycles. The molecule has 1 N–H and O–H groups in total. The van der Waals surface area contributed by atoms with Crippen molar-refractivity contribution in [2.75, 3.05) is 26.5 Å². The van der Waals surface area contributed by atoms with Crippen LogP contribution in [-0.4, -0.2) is 39.9 Å². The number of nitrogens with zero attached hydrogens (tertiary/aromatic N) is 1. The fourth-order valence-corrected chi connectivity index (χ4v) is 4.19. The van der Waals surface area contributed by atoms with Crippen LogP contribution in [-0.2, 0) is 26.9 Å². The zero-order valence-electron chi connectivity index (χ0n) is 11.3. The van der Waals surface area contributed by atoms with Crippen LogP contribution in [0.5, 0.6) is 0 Å². The van der Waals surface area contributed by atoms with E-state index in [-0.39, 0.29) is 5.75 Å². The molecule has 1 saturated carbocycles. The molecule has 1 fully saturated rings. The van der Waals surface area contributed by atoms with E-state index in [2.05, 4.69) is 10.3 Å². The molecule has 0 amide bonds. The smallest absolute Gasteiger partial charge is 0.153 e. The topological polar surface area (TPSA) is 68.3 Å². The van der Waals surface area contributed by atoms with Gasteiger partial charge in [-0.05, 0) is 12.8 Å². The third kappa shape index (κ3) is 4.83. The molecule has 0 unspecified atom stereocenters. The molecule has 0 radical (unpaired) electrons. The van der Waals surface area contributed by atoms with Gasteiger partial charge in [0, 0.05) is 37.3 Å². The van der Waals surface area contributed by atoms with Gasteiger partial charge in [0.15, 0.2) is 9.84 Å². The van der Waals surface area contributed by atoms with E-state index in [1.54, 1.807) is 7.11 Å². The zero-order valence-corrected chi connectivity index (χ0v) is 12.9. The number of ether oxygens (including phenoxy) is 1. The van der Waals surface area contributed by atoms with E-state index in [0.717, 1.165) is 18.8 Å². The molecule has 108 valence electrons. The van der Waals surface area contributed by atoms with Gasteiger partial charge in [0.1, 0.15) is 10.8 Å². The molecule has 5 nitrogen and oxygen atoms in total.